The quantitative estimate of drug-likeness (QED) is 0.371. The van der Waals surface area contributed by atoms with E-state index in [0.29, 0.717) is 30.7 Å². The molecule has 0 spiro atoms. The van der Waals surface area contributed by atoms with Crippen molar-refractivity contribution in [2.45, 2.75) is 38.5 Å². The molecule has 0 unspecified atom stereocenters. The molecule has 3 N–H and O–H groups in total. The Bertz CT molecular complexity index is 463. The zero-order chi connectivity index (χ0) is 15.5. The van der Waals surface area contributed by atoms with Crippen molar-refractivity contribution in [2.24, 2.45) is 0 Å². The Labute approximate surface area is 124 Å². The maximum absolute atomic E-state index is 11.8. The molecule has 0 fully saturated rings. The van der Waals surface area contributed by atoms with Gasteiger partial charge in [0.25, 0.3) is 0 Å². The summed E-state index contributed by atoms with van der Waals surface area (Å²) in [4.78, 5) is 22.6. The van der Waals surface area contributed by atoms with Crippen LogP contribution in [0.1, 0.15) is 38.5 Å². The van der Waals surface area contributed by atoms with Crippen LogP contribution in [-0.4, -0.2) is 24.1 Å². The number of anilines is 1. The Morgan fingerprint density at radius 2 is 1.67 bits per heavy atom. The van der Waals surface area contributed by atoms with E-state index in [2.05, 4.69) is 5.32 Å². The smallest absolute Gasteiger partial charge is 0.243 e. The Balaban J connectivity index is 2.18. The standard InChI is InChI=1S/C15H22N2O4/c1-21-13-9-7-6-8-12(13)16-14(18)10-4-2-3-5-11-15(19)17-20/h6-9,20H,2-5,10-11H2,1H3,(H,16,18)(H,17,19). The average Bonchev–Trinajstić information content (AvgIpc) is 2.50. The molecule has 1 rings (SSSR count). The summed E-state index contributed by atoms with van der Waals surface area (Å²) in [5, 5.41) is 11.1. The summed E-state index contributed by atoms with van der Waals surface area (Å²) in [7, 11) is 1.56. The van der Waals surface area contributed by atoms with Gasteiger partial charge in [0.2, 0.25) is 11.8 Å². The van der Waals surface area contributed by atoms with Crippen molar-refractivity contribution >= 4 is 17.5 Å². The molecule has 0 aliphatic rings. The fourth-order valence-corrected chi connectivity index (χ4v) is 1.94. The van der Waals surface area contributed by atoms with Crippen LogP contribution in [0.3, 0.4) is 0 Å². The van der Waals surface area contributed by atoms with E-state index in [0.717, 1.165) is 19.3 Å². The molecule has 116 valence electrons. The van der Waals surface area contributed by atoms with Crippen molar-refractivity contribution in [3.63, 3.8) is 0 Å². The normalized spacial score (nSPS) is 10.0. The molecule has 1 aromatic carbocycles. The first-order valence-electron chi connectivity index (χ1n) is 7.03. The first-order chi connectivity index (χ1) is 10.2. The second-order valence-corrected chi connectivity index (χ2v) is 4.70. The van der Waals surface area contributed by atoms with Crippen LogP contribution >= 0.6 is 0 Å². The van der Waals surface area contributed by atoms with Gasteiger partial charge in [-0.2, -0.15) is 0 Å². The van der Waals surface area contributed by atoms with Crippen molar-refractivity contribution in [1.82, 2.24) is 5.48 Å². The van der Waals surface area contributed by atoms with Crippen LogP contribution in [0.2, 0.25) is 0 Å². The van der Waals surface area contributed by atoms with Gasteiger partial charge in [-0.25, -0.2) is 5.48 Å². The van der Waals surface area contributed by atoms with E-state index in [4.69, 9.17) is 9.94 Å². The predicted octanol–water partition coefficient (Wildman–Crippen LogP) is 2.48. The number of rotatable bonds is 9. The highest BCUT2D eigenvalue weighted by Gasteiger charge is 2.06. The number of benzene rings is 1. The summed E-state index contributed by atoms with van der Waals surface area (Å²) in [6.45, 7) is 0. The molecule has 0 aliphatic heterocycles. The maximum Gasteiger partial charge on any atom is 0.243 e. The highest BCUT2D eigenvalue weighted by Crippen LogP contribution is 2.23. The van der Waals surface area contributed by atoms with Crippen LogP contribution in [-0.2, 0) is 9.59 Å². The zero-order valence-corrected chi connectivity index (χ0v) is 12.2. The highest BCUT2D eigenvalue weighted by atomic mass is 16.5. The molecule has 0 radical (unpaired) electrons. The fourth-order valence-electron chi connectivity index (χ4n) is 1.94. The molecule has 21 heavy (non-hydrogen) atoms. The van der Waals surface area contributed by atoms with E-state index in [1.165, 1.54) is 0 Å². The number of unbranched alkanes of at least 4 members (excludes halogenated alkanes) is 3. The summed E-state index contributed by atoms with van der Waals surface area (Å²) in [6.07, 6.45) is 3.95. The SMILES string of the molecule is COc1ccccc1NC(=O)CCCCCCC(=O)NO. The lowest BCUT2D eigenvalue weighted by Gasteiger charge is -2.09. The number of hydrogen-bond acceptors (Lipinski definition) is 4. The number of nitrogens with one attached hydrogen (secondary N) is 2. The largest absolute Gasteiger partial charge is 0.495 e. The maximum atomic E-state index is 11.8. The molecule has 0 heterocycles. The molecule has 6 nitrogen and oxygen atoms in total. The lowest BCUT2D eigenvalue weighted by molar-refractivity contribution is -0.129. The first-order valence-corrected chi connectivity index (χ1v) is 7.03. The molecular weight excluding hydrogens is 272 g/mol. The van der Waals surface area contributed by atoms with E-state index >= 15 is 0 Å². The first kappa shape index (κ1) is 17.0. The van der Waals surface area contributed by atoms with Gasteiger partial charge in [-0.05, 0) is 25.0 Å². The summed E-state index contributed by atoms with van der Waals surface area (Å²) in [5.74, 6) is 0.220. The second-order valence-electron chi connectivity index (χ2n) is 4.70. The minimum absolute atomic E-state index is 0.0485. The topological polar surface area (TPSA) is 87.7 Å². The molecule has 6 heteroatoms. The van der Waals surface area contributed by atoms with Gasteiger partial charge in [0, 0.05) is 12.8 Å². The molecule has 0 atom stereocenters. The monoisotopic (exact) mass is 294 g/mol. The van der Waals surface area contributed by atoms with Crippen LogP contribution in [0.25, 0.3) is 0 Å². The third-order valence-corrected chi connectivity index (χ3v) is 3.06. The Hall–Kier alpha value is -2.08. The van der Waals surface area contributed by atoms with E-state index < -0.39 is 0 Å². The number of para-hydroxylation sites is 2. The van der Waals surface area contributed by atoms with Gasteiger partial charge < -0.3 is 10.1 Å². The van der Waals surface area contributed by atoms with Crippen LogP contribution in [0, 0.1) is 0 Å². The summed E-state index contributed by atoms with van der Waals surface area (Å²) < 4.78 is 5.16. The number of methoxy groups -OCH3 is 1. The van der Waals surface area contributed by atoms with Gasteiger partial charge in [-0.3, -0.25) is 14.8 Å². The van der Waals surface area contributed by atoms with Crippen molar-refractivity contribution in [3.8, 4) is 5.75 Å². The minimum atomic E-state index is -0.371. The number of carbonyl (C=O) groups is 2. The number of hydroxylamine groups is 1. The van der Waals surface area contributed by atoms with Crippen LogP contribution < -0.4 is 15.5 Å². The van der Waals surface area contributed by atoms with E-state index in [1.54, 1.807) is 24.7 Å². The number of carbonyl (C=O) groups excluding carboxylic acids is 2. The van der Waals surface area contributed by atoms with Crippen molar-refractivity contribution in [1.29, 1.82) is 0 Å². The molecule has 1 aromatic rings. The summed E-state index contributed by atoms with van der Waals surface area (Å²) >= 11 is 0. The van der Waals surface area contributed by atoms with Crippen molar-refractivity contribution in [3.05, 3.63) is 24.3 Å². The van der Waals surface area contributed by atoms with E-state index in [-0.39, 0.29) is 11.8 Å². The predicted molar refractivity (Wildman–Crippen MR) is 79.3 cm³/mol. The lowest BCUT2D eigenvalue weighted by Crippen LogP contribution is -2.17. The fraction of sp³-hybridized carbons (Fsp3) is 0.467. The molecule has 0 aliphatic carbocycles. The van der Waals surface area contributed by atoms with Crippen LogP contribution in [0.4, 0.5) is 5.69 Å². The molecule has 0 saturated heterocycles. The molecule has 0 saturated carbocycles. The Morgan fingerprint density at radius 1 is 1.05 bits per heavy atom. The molecule has 2 amide bonds. The number of ether oxygens (including phenoxy) is 1. The third-order valence-electron chi connectivity index (χ3n) is 3.06. The van der Waals surface area contributed by atoms with Gasteiger partial charge in [-0.15, -0.1) is 0 Å². The molecule has 0 aromatic heterocycles. The third kappa shape index (κ3) is 6.76. The minimum Gasteiger partial charge on any atom is -0.495 e. The van der Waals surface area contributed by atoms with Gasteiger partial charge in [0.1, 0.15) is 5.75 Å². The summed E-state index contributed by atoms with van der Waals surface area (Å²) in [5.41, 5.74) is 2.27. The second kappa shape index (κ2) is 9.77. The van der Waals surface area contributed by atoms with E-state index in [1.807, 2.05) is 12.1 Å². The molecule has 0 bridgehead atoms. The highest BCUT2D eigenvalue weighted by molar-refractivity contribution is 5.92. The Kier molecular flexibility index (Phi) is 7.89. The summed E-state index contributed by atoms with van der Waals surface area (Å²) in [6, 6.07) is 7.27. The average molecular weight is 294 g/mol. The van der Waals surface area contributed by atoms with Crippen molar-refractivity contribution in [2.75, 3.05) is 12.4 Å². The van der Waals surface area contributed by atoms with Gasteiger partial charge in [0.05, 0.1) is 12.8 Å². The van der Waals surface area contributed by atoms with Crippen LogP contribution in [0.5, 0.6) is 5.75 Å². The van der Waals surface area contributed by atoms with Crippen molar-refractivity contribution < 1.29 is 19.5 Å². The van der Waals surface area contributed by atoms with Gasteiger partial charge >= 0.3 is 0 Å². The number of hydrogen-bond donors (Lipinski definition) is 3. The zero-order valence-electron chi connectivity index (χ0n) is 12.2. The van der Waals surface area contributed by atoms with E-state index in [9.17, 15) is 9.59 Å². The van der Waals surface area contributed by atoms with Crippen LogP contribution in [0.15, 0.2) is 24.3 Å². The van der Waals surface area contributed by atoms with Gasteiger partial charge in [-0.1, -0.05) is 25.0 Å². The number of amides is 2. The lowest BCUT2D eigenvalue weighted by atomic mass is 10.1. The van der Waals surface area contributed by atoms with Gasteiger partial charge in [0.15, 0.2) is 0 Å². The molecular formula is C15H22N2O4. The Morgan fingerprint density at radius 3 is 2.29 bits per heavy atom.